The summed E-state index contributed by atoms with van der Waals surface area (Å²) in [5.41, 5.74) is 0. The minimum absolute atomic E-state index is 0. The monoisotopic (exact) mass is 185 g/mol. The van der Waals surface area contributed by atoms with Crippen molar-refractivity contribution in [1.82, 2.24) is 0 Å². The average molecular weight is 185 g/mol. The summed E-state index contributed by atoms with van der Waals surface area (Å²) in [5, 5.41) is 21.4. The molecule has 0 bridgehead atoms. The van der Waals surface area contributed by atoms with Crippen molar-refractivity contribution in [2.75, 3.05) is 0 Å². The van der Waals surface area contributed by atoms with Crippen LogP contribution in [0.5, 0.6) is 0 Å². The van der Waals surface area contributed by atoms with Crippen LogP contribution in [0, 0.1) is 11.3 Å². The smallest absolute Gasteiger partial charge is 0.143 e. The molecule has 0 amide bonds. The Bertz CT molecular complexity index is 188. The predicted molar refractivity (Wildman–Crippen MR) is 47.1 cm³/mol. The van der Waals surface area contributed by atoms with Gasteiger partial charge in [-0.05, 0) is 10.8 Å². The molecule has 3 radical (unpaired) electrons. The Morgan fingerprint density at radius 3 is 2.09 bits per heavy atom. The zero-order chi connectivity index (χ0) is 7.66. The minimum Gasteiger partial charge on any atom is -0.410 e. The second-order valence-corrected chi connectivity index (χ2v) is 1.98. The molecule has 3 nitrogen and oxygen atoms in total. The molecule has 0 fully saturated rings. The summed E-state index contributed by atoms with van der Waals surface area (Å²) in [4.78, 5) is 0. The van der Waals surface area contributed by atoms with Crippen molar-refractivity contribution in [1.29, 1.82) is 5.26 Å². The third kappa shape index (κ3) is 12.3. The molecular weight excluding hydrogens is 179 g/mol. The molecule has 5 heteroatoms. The Morgan fingerprint density at radius 2 is 2.00 bits per heavy atom. The second kappa shape index (κ2) is 11.8. The predicted octanol–water partition coefficient (Wildman–Crippen LogP) is 2.58. The van der Waals surface area contributed by atoms with E-state index in [1.165, 1.54) is 6.07 Å². The van der Waals surface area contributed by atoms with Gasteiger partial charge in [-0.3, -0.25) is 0 Å². The van der Waals surface area contributed by atoms with E-state index in [4.69, 9.17) is 10.5 Å². The van der Waals surface area contributed by atoms with Crippen LogP contribution in [0.15, 0.2) is 28.0 Å². The summed E-state index contributed by atoms with van der Waals surface area (Å²) >= 11 is 1.71. The van der Waals surface area contributed by atoms with E-state index in [0.717, 1.165) is 6.21 Å². The lowest BCUT2D eigenvalue weighted by Gasteiger charge is -1.52. The normalized spacial score (nSPS) is 7.18. The van der Waals surface area contributed by atoms with Gasteiger partial charge in [0.25, 0.3) is 0 Å². The zero-order valence-corrected chi connectivity index (χ0v) is 7.29. The SMILES string of the molecule is N#CC=NO.[P].c1ccsc1. The van der Waals surface area contributed by atoms with Crippen LogP contribution in [0.25, 0.3) is 0 Å². The van der Waals surface area contributed by atoms with Crippen LogP contribution < -0.4 is 0 Å². The second-order valence-electron chi connectivity index (χ2n) is 1.17. The average Bonchev–Trinajstić information content (AvgIpc) is 2.44. The van der Waals surface area contributed by atoms with Gasteiger partial charge in [0.05, 0.1) is 0 Å². The molecule has 57 valence electrons. The van der Waals surface area contributed by atoms with Gasteiger partial charge < -0.3 is 5.21 Å². The van der Waals surface area contributed by atoms with Crippen molar-refractivity contribution in [3.05, 3.63) is 22.9 Å². The number of hydrogen-bond acceptors (Lipinski definition) is 4. The molecule has 1 heterocycles. The van der Waals surface area contributed by atoms with Crippen LogP contribution in [-0.2, 0) is 0 Å². The molecule has 0 spiro atoms. The van der Waals surface area contributed by atoms with Gasteiger partial charge in [-0.15, -0.1) is 0 Å². The quantitative estimate of drug-likeness (QED) is 0.292. The highest BCUT2D eigenvalue weighted by Crippen LogP contribution is 1.91. The number of rotatable bonds is 0. The first-order valence-corrected chi connectivity index (χ1v) is 3.38. The van der Waals surface area contributed by atoms with Gasteiger partial charge in [0.15, 0.2) is 0 Å². The molecule has 0 unspecified atom stereocenters. The molecule has 0 saturated heterocycles. The van der Waals surface area contributed by atoms with E-state index in [2.05, 4.69) is 5.16 Å². The van der Waals surface area contributed by atoms with Crippen LogP contribution in [-0.4, -0.2) is 11.4 Å². The zero-order valence-electron chi connectivity index (χ0n) is 5.58. The van der Waals surface area contributed by atoms with Gasteiger partial charge in [-0.1, -0.05) is 17.3 Å². The molecule has 1 aromatic heterocycles. The lowest BCUT2D eigenvalue weighted by molar-refractivity contribution is 0.322. The summed E-state index contributed by atoms with van der Waals surface area (Å²) < 4.78 is 0. The highest BCUT2D eigenvalue weighted by Gasteiger charge is 1.58. The van der Waals surface area contributed by atoms with Crippen molar-refractivity contribution in [2.24, 2.45) is 5.16 Å². The molecule has 0 atom stereocenters. The molecule has 0 aromatic carbocycles. The van der Waals surface area contributed by atoms with Gasteiger partial charge in [0.1, 0.15) is 12.3 Å². The van der Waals surface area contributed by atoms with E-state index in [-0.39, 0.29) is 9.90 Å². The summed E-state index contributed by atoms with van der Waals surface area (Å²) in [6.07, 6.45) is 0.736. The lowest BCUT2D eigenvalue weighted by Crippen LogP contribution is -1.55. The van der Waals surface area contributed by atoms with E-state index in [0.29, 0.717) is 0 Å². The highest BCUT2D eigenvalue weighted by atomic mass is 32.1. The molecule has 11 heavy (non-hydrogen) atoms. The van der Waals surface area contributed by atoms with Gasteiger partial charge >= 0.3 is 0 Å². The van der Waals surface area contributed by atoms with E-state index in [1.807, 2.05) is 22.9 Å². The maximum Gasteiger partial charge on any atom is 0.143 e. The van der Waals surface area contributed by atoms with Crippen molar-refractivity contribution in [2.45, 2.75) is 0 Å². The number of hydrogen-bond donors (Lipinski definition) is 1. The number of nitriles is 1. The summed E-state index contributed by atoms with van der Waals surface area (Å²) in [6, 6.07) is 5.51. The topological polar surface area (TPSA) is 56.4 Å². The Kier molecular flexibility index (Phi) is 13.7. The lowest BCUT2D eigenvalue weighted by atomic mass is 10.7. The van der Waals surface area contributed by atoms with Crippen molar-refractivity contribution >= 4 is 27.5 Å². The molecule has 0 aliphatic rings. The van der Waals surface area contributed by atoms with Gasteiger partial charge in [0, 0.05) is 9.90 Å². The first-order valence-electron chi connectivity index (χ1n) is 2.44. The molecule has 1 rings (SSSR count). The number of thiophene rings is 1. The van der Waals surface area contributed by atoms with E-state index in [9.17, 15) is 0 Å². The molecule has 1 N–H and O–H groups in total. The van der Waals surface area contributed by atoms with Crippen molar-refractivity contribution in [3.8, 4) is 6.07 Å². The maximum absolute atomic E-state index is 7.51. The molecule has 1 aromatic rings. The Morgan fingerprint density at radius 1 is 1.45 bits per heavy atom. The van der Waals surface area contributed by atoms with Crippen LogP contribution in [0.4, 0.5) is 0 Å². The van der Waals surface area contributed by atoms with E-state index >= 15 is 0 Å². The molecule has 0 saturated carbocycles. The minimum atomic E-state index is 0. The van der Waals surface area contributed by atoms with Crippen LogP contribution in [0.2, 0.25) is 0 Å². The fourth-order valence-electron chi connectivity index (χ4n) is 0.253. The largest absolute Gasteiger partial charge is 0.410 e. The van der Waals surface area contributed by atoms with E-state index < -0.39 is 0 Å². The Hall–Kier alpha value is -0.910. The fraction of sp³-hybridized carbons (Fsp3) is 0. The van der Waals surface area contributed by atoms with Crippen molar-refractivity contribution in [3.63, 3.8) is 0 Å². The number of oxime groups is 1. The summed E-state index contributed by atoms with van der Waals surface area (Å²) in [5.74, 6) is 0. The summed E-state index contributed by atoms with van der Waals surface area (Å²) in [7, 11) is 0. The number of nitrogens with zero attached hydrogens (tertiary/aromatic N) is 2. The molecule has 0 aliphatic heterocycles. The standard InChI is InChI=1S/C4H4S.C2H2N2O.P/c1-2-4-5-3-1;3-1-2-4-5;/h1-4H;2,5H;. The highest BCUT2D eigenvalue weighted by molar-refractivity contribution is 7.07. The molecule has 0 aliphatic carbocycles. The van der Waals surface area contributed by atoms with Gasteiger partial charge in [-0.2, -0.15) is 16.6 Å². The van der Waals surface area contributed by atoms with Gasteiger partial charge in [0.2, 0.25) is 0 Å². The maximum atomic E-state index is 7.51. The van der Waals surface area contributed by atoms with Crippen LogP contribution in [0.3, 0.4) is 0 Å². The first-order chi connectivity index (χ1) is 4.91. The fourth-order valence-corrected chi connectivity index (χ4v) is 0.706. The first kappa shape index (κ1) is 12.7. The summed E-state index contributed by atoms with van der Waals surface area (Å²) in [6.45, 7) is 0. The Balaban J connectivity index is 0. The Labute approximate surface area is 72.6 Å². The third-order valence-electron chi connectivity index (χ3n) is 0.541. The molecular formula is C6H6N2OPS. The van der Waals surface area contributed by atoms with E-state index in [1.54, 1.807) is 11.3 Å². The third-order valence-corrected chi connectivity index (χ3v) is 1.17. The van der Waals surface area contributed by atoms with Gasteiger partial charge in [-0.25, -0.2) is 0 Å². The van der Waals surface area contributed by atoms with Crippen LogP contribution in [0.1, 0.15) is 0 Å². The van der Waals surface area contributed by atoms with Crippen molar-refractivity contribution < 1.29 is 5.21 Å². The van der Waals surface area contributed by atoms with Crippen LogP contribution >= 0.6 is 21.2 Å².